The van der Waals surface area contributed by atoms with Crippen molar-refractivity contribution in [1.29, 1.82) is 0 Å². The molecule has 0 spiro atoms. The number of carbonyl (C=O) groups is 1. The van der Waals surface area contributed by atoms with Gasteiger partial charge in [-0.1, -0.05) is 127 Å². The second kappa shape index (κ2) is 11.4. The lowest BCUT2D eigenvalue weighted by atomic mass is 9.67. The molecule has 194 valence electrons. The van der Waals surface area contributed by atoms with Crippen LogP contribution in [0.2, 0.25) is 0 Å². The Kier molecular flexibility index (Phi) is 8.17. The van der Waals surface area contributed by atoms with E-state index in [2.05, 4.69) is 0 Å². The van der Waals surface area contributed by atoms with Crippen molar-refractivity contribution in [3.63, 3.8) is 0 Å². The maximum atomic E-state index is 15.0. The molecule has 4 rings (SSSR count). The van der Waals surface area contributed by atoms with E-state index in [0.717, 1.165) is 11.6 Å². The summed E-state index contributed by atoms with van der Waals surface area (Å²) >= 11 is 0. The Balaban J connectivity index is 1.91. The molecule has 4 nitrogen and oxygen atoms in total. The van der Waals surface area contributed by atoms with E-state index >= 15 is 8.78 Å². The summed E-state index contributed by atoms with van der Waals surface area (Å²) in [6, 6.07) is 32.3. The van der Waals surface area contributed by atoms with E-state index < -0.39 is 24.2 Å². The first kappa shape index (κ1) is 27.3. The fraction of sp³-hybridized carbons (Fsp3) is 0.129. The number of rotatable bonds is 10. The summed E-state index contributed by atoms with van der Waals surface area (Å²) in [7, 11) is -5.83. The molecule has 0 amide bonds. The molecule has 0 aliphatic rings. The molecule has 0 aliphatic carbocycles. The largest absolute Gasteiger partial charge is 0.399 e. The van der Waals surface area contributed by atoms with E-state index in [4.69, 9.17) is 0 Å². The molecule has 0 saturated carbocycles. The van der Waals surface area contributed by atoms with Crippen LogP contribution in [0.15, 0.2) is 121 Å². The predicted octanol–water partition coefficient (Wildman–Crippen LogP) is 7.38. The van der Waals surface area contributed by atoms with Crippen molar-refractivity contribution in [2.75, 3.05) is 0 Å². The third kappa shape index (κ3) is 5.73. The molecule has 1 unspecified atom stereocenters. The highest BCUT2D eigenvalue weighted by Crippen LogP contribution is 2.60. The van der Waals surface area contributed by atoms with Crippen molar-refractivity contribution >= 4 is 19.5 Å². The number of ketones is 1. The zero-order chi connectivity index (χ0) is 27.2. The van der Waals surface area contributed by atoms with E-state index in [9.17, 15) is 19.1 Å². The maximum Gasteiger partial charge on any atom is 0.399 e. The summed E-state index contributed by atoms with van der Waals surface area (Å²) in [5, 5.41) is 0. The van der Waals surface area contributed by atoms with Gasteiger partial charge >= 0.3 is 13.3 Å². The van der Waals surface area contributed by atoms with Crippen molar-refractivity contribution in [3.05, 3.63) is 149 Å². The lowest BCUT2D eigenvalue weighted by molar-refractivity contribution is 0.0550. The zero-order valence-corrected chi connectivity index (χ0v) is 21.3. The summed E-state index contributed by atoms with van der Waals surface area (Å²) in [6.07, 6.45) is 3.67. The first-order chi connectivity index (χ1) is 18.1. The number of Topliss-reactive ketones (excluding diaryl/α,β-unsaturated/α-hetero) is 1. The summed E-state index contributed by atoms with van der Waals surface area (Å²) in [4.78, 5) is 33.2. The molecule has 4 aromatic rings. The molecule has 0 radical (unpaired) electrons. The van der Waals surface area contributed by atoms with Crippen LogP contribution in [0.5, 0.6) is 0 Å². The van der Waals surface area contributed by atoms with Crippen LogP contribution in [0.3, 0.4) is 0 Å². The molecule has 0 fully saturated rings. The minimum atomic E-state index is -5.83. The van der Waals surface area contributed by atoms with E-state index in [1.807, 2.05) is 42.5 Å². The van der Waals surface area contributed by atoms with Gasteiger partial charge < -0.3 is 9.79 Å². The quantitative estimate of drug-likeness (QED) is 0.165. The first-order valence-electron chi connectivity index (χ1n) is 12.0. The fourth-order valence-electron chi connectivity index (χ4n) is 4.63. The molecule has 0 heterocycles. The SMILES string of the molecule is O=C(c1ccccc1)C(C/C=C/c1ccccc1)(Cc1ccccc1C(F)(F)P(=O)(O)O)c1ccccc1. The number of alkyl halides is 2. The Morgan fingerprint density at radius 3 is 1.89 bits per heavy atom. The van der Waals surface area contributed by atoms with Crippen LogP contribution in [0.25, 0.3) is 6.08 Å². The van der Waals surface area contributed by atoms with Crippen LogP contribution in [0.1, 0.15) is 39.0 Å². The van der Waals surface area contributed by atoms with Crippen LogP contribution in [0.4, 0.5) is 8.78 Å². The molecular formula is C31H27F2O4P. The highest BCUT2D eigenvalue weighted by molar-refractivity contribution is 7.52. The van der Waals surface area contributed by atoms with E-state index in [-0.39, 0.29) is 24.2 Å². The first-order valence-corrected chi connectivity index (χ1v) is 13.7. The average molecular weight is 533 g/mol. The van der Waals surface area contributed by atoms with Crippen molar-refractivity contribution in [1.82, 2.24) is 0 Å². The second-order valence-electron chi connectivity index (χ2n) is 9.08. The Bertz CT molecular complexity index is 1450. The molecule has 0 aliphatic heterocycles. The Hall–Kier alpha value is -3.70. The number of halogens is 2. The van der Waals surface area contributed by atoms with Crippen LogP contribution in [-0.4, -0.2) is 15.6 Å². The smallest absolute Gasteiger partial charge is 0.320 e. The normalized spacial score (nSPS) is 13.8. The lowest BCUT2D eigenvalue weighted by Gasteiger charge is -2.34. The standard InChI is InChI=1S/C31H27F2O4P/c32-31(33,38(35,36)37)28-21-11-10-18-26(28)23-30(27-19-8-3-9-20-27,29(34)25-16-6-2-7-17-25)22-12-15-24-13-4-1-5-14-24/h1-21H,22-23H2,(H2,35,36,37)/b15-12+. The van der Waals surface area contributed by atoms with E-state index in [1.54, 1.807) is 60.7 Å². The Morgan fingerprint density at radius 2 is 1.29 bits per heavy atom. The van der Waals surface area contributed by atoms with Gasteiger partial charge in [-0.05, 0) is 29.5 Å². The van der Waals surface area contributed by atoms with Gasteiger partial charge in [-0.25, -0.2) is 0 Å². The van der Waals surface area contributed by atoms with Crippen LogP contribution in [0, 0.1) is 0 Å². The number of benzene rings is 4. The van der Waals surface area contributed by atoms with Crippen molar-refractivity contribution in [2.24, 2.45) is 0 Å². The molecule has 38 heavy (non-hydrogen) atoms. The number of allylic oxidation sites excluding steroid dienone is 1. The fourth-order valence-corrected chi connectivity index (χ4v) is 5.16. The van der Waals surface area contributed by atoms with Gasteiger partial charge in [0.15, 0.2) is 5.78 Å². The monoisotopic (exact) mass is 532 g/mol. The van der Waals surface area contributed by atoms with Gasteiger partial charge in [0.1, 0.15) is 0 Å². The van der Waals surface area contributed by atoms with Gasteiger partial charge in [-0.15, -0.1) is 0 Å². The lowest BCUT2D eigenvalue weighted by Crippen LogP contribution is -2.39. The van der Waals surface area contributed by atoms with Crippen molar-refractivity contribution < 1.29 is 27.9 Å². The van der Waals surface area contributed by atoms with E-state index in [0.29, 0.717) is 11.1 Å². The molecule has 0 saturated heterocycles. The minimum Gasteiger partial charge on any atom is -0.320 e. The summed E-state index contributed by atoms with van der Waals surface area (Å²) in [5.74, 6) is -0.281. The highest BCUT2D eigenvalue weighted by Gasteiger charge is 2.52. The maximum absolute atomic E-state index is 15.0. The van der Waals surface area contributed by atoms with Gasteiger partial charge in [0, 0.05) is 11.1 Å². The zero-order valence-electron chi connectivity index (χ0n) is 20.5. The highest BCUT2D eigenvalue weighted by atomic mass is 31.2. The number of hydrogen-bond donors (Lipinski definition) is 2. The summed E-state index contributed by atoms with van der Waals surface area (Å²) < 4.78 is 41.9. The van der Waals surface area contributed by atoms with Crippen LogP contribution in [-0.2, 0) is 22.1 Å². The second-order valence-corrected chi connectivity index (χ2v) is 10.7. The third-order valence-corrected chi connectivity index (χ3v) is 7.55. The molecular weight excluding hydrogens is 505 g/mol. The molecule has 1 atom stereocenters. The third-order valence-electron chi connectivity index (χ3n) is 6.57. The molecule has 0 aromatic heterocycles. The van der Waals surface area contributed by atoms with Crippen LogP contribution < -0.4 is 0 Å². The topological polar surface area (TPSA) is 74.6 Å². The number of hydrogen-bond acceptors (Lipinski definition) is 2. The average Bonchev–Trinajstić information content (AvgIpc) is 2.93. The van der Waals surface area contributed by atoms with Gasteiger partial charge in [-0.2, -0.15) is 8.78 Å². The van der Waals surface area contributed by atoms with E-state index in [1.165, 1.54) is 18.2 Å². The Morgan fingerprint density at radius 1 is 0.763 bits per heavy atom. The van der Waals surface area contributed by atoms with Crippen molar-refractivity contribution in [2.45, 2.75) is 23.9 Å². The molecule has 2 N–H and O–H groups in total. The molecule has 7 heteroatoms. The predicted molar refractivity (Wildman–Crippen MR) is 145 cm³/mol. The Labute approximate surface area is 220 Å². The van der Waals surface area contributed by atoms with Gasteiger partial charge in [0.25, 0.3) is 0 Å². The van der Waals surface area contributed by atoms with Gasteiger partial charge in [0.2, 0.25) is 0 Å². The molecule has 0 bridgehead atoms. The van der Waals surface area contributed by atoms with Gasteiger partial charge in [-0.3, -0.25) is 9.36 Å². The summed E-state index contributed by atoms with van der Waals surface area (Å²) in [5.41, 5.74) is -4.63. The minimum absolute atomic E-state index is 0.0120. The van der Waals surface area contributed by atoms with Crippen LogP contribution >= 0.6 is 7.60 Å². The number of carbonyl (C=O) groups excluding carboxylic acids is 1. The van der Waals surface area contributed by atoms with Gasteiger partial charge in [0.05, 0.1) is 5.41 Å². The van der Waals surface area contributed by atoms with Crippen molar-refractivity contribution in [3.8, 4) is 0 Å². The summed E-state index contributed by atoms with van der Waals surface area (Å²) in [6.45, 7) is 0. The molecule has 4 aromatic carbocycles.